The van der Waals surface area contributed by atoms with Gasteiger partial charge in [-0.15, -0.1) is 0 Å². The average Bonchev–Trinajstić information content (AvgIpc) is 3.98. The highest BCUT2D eigenvalue weighted by Gasteiger charge is 2.35. The maximum Gasteiger partial charge on any atom is 0.416 e. The van der Waals surface area contributed by atoms with Gasteiger partial charge in [0.2, 0.25) is 0 Å². The molecule has 0 bridgehead atoms. The molecule has 374 valence electrons. The average molecular weight is 1010 g/mol. The summed E-state index contributed by atoms with van der Waals surface area (Å²) in [5.41, 5.74) is 17.9. The third-order valence-electron chi connectivity index (χ3n) is 14.6. The Labute approximate surface area is 446 Å². The Balaban J connectivity index is 1.26. The van der Waals surface area contributed by atoms with Gasteiger partial charge in [-0.2, -0.15) is 13.2 Å². The zero-order chi connectivity index (χ0) is 53.1. The molecule has 0 saturated carbocycles. The molecule has 0 aliphatic heterocycles. The Hall–Kier alpha value is -9.27. The third-order valence-corrected chi connectivity index (χ3v) is 14.6. The van der Waals surface area contributed by atoms with Crippen LogP contribution in [0.4, 0.5) is 13.2 Å². The summed E-state index contributed by atoms with van der Waals surface area (Å²) in [4.78, 5) is 20.8. The quantitative estimate of drug-likeness (QED) is 0.145. The second kappa shape index (κ2) is 19.5. The van der Waals surface area contributed by atoms with E-state index >= 15 is 13.2 Å². The van der Waals surface area contributed by atoms with Crippen LogP contribution in [-0.4, -0.2) is 24.5 Å². The van der Waals surface area contributed by atoms with E-state index in [2.05, 4.69) is 107 Å². The molecule has 0 unspecified atom stereocenters. The molecule has 0 spiro atoms. The molecule has 9 aromatic carbocycles. The number of aromatic nitrogens is 5. The molecule has 12 rings (SSSR count). The van der Waals surface area contributed by atoms with Crippen LogP contribution in [-0.2, 0) is 6.18 Å². The largest absolute Gasteiger partial charge is 0.416 e. The summed E-state index contributed by atoms with van der Waals surface area (Å²) in [6.45, 7) is 12.8. The predicted molar refractivity (Wildman–Crippen MR) is 309 cm³/mol. The molecular weight excluding hydrogens is 956 g/mol. The van der Waals surface area contributed by atoms with Gasteiger partial charge in [0, 0.05) is 44.2 Å². The predicted octanol–water partition coefficient (Wildman–Crippen LogP) is 18.6. The van der Waals surface area contributed by atoms with E-state index in [0.717, 1.165) is 83.0 Å². The number of hydrogen-bond acceptors (Lipinski definition) is 4. The van der Waals surface area contributed by atoms with E-state index in [0.29, 0.717) is 39.9 Å². The molecule has 77 heavy (non-hydrogen) atoms. The van der Waals surface area contributed by atoms with Crippen molar-refractivity contribution in [1.29, 1.82) is 0 Å². The zero-order valence-electron chi connectivity index (χ0n) is 43.5. The Morgan fingerprint density at radius 1 is 0.338 bits per heavy atom. The molecule has 5 nitrogen and oxygen atoms in total. The Kier molecular flexibility index (Phi) is 12.3. The summed E-state index contributed by atoms with van der Waals surface area (Å²) in [5.74, 6) is 0.484. The summed E-state index contributed by atoms with van der Waals surface area (Å²) in [5, 5.41) is 1.86. The lowest BCUT2D eigenvalue weighted by atomic mass is 9.91. The smallest absolute Gasteiger partial charge is 0.308 e. The van der Waals surface area contributed by atoms with Gasteiger partial charge in [0.15, 0.2) is 11.6 Å². The molecule has 0 amide bonds. The molecule has 12 aromatic rings. The monoisotopic (exact) mass is 1010 g/mol. The number of aryl methyl sites for hydroxylation is 6. The van der Waals surface area contributed by atoms with Crippen molar-refractivity contribution in [3.05, 3.63) is 245 Å². The molecule has 3 heterocycles. The van der Waals surface area contributed by atoms with E-state index in [1.54, 1.807) is 6.07 Å². The second-order valence-electron chi connectivity index (χ2n) is 20.2. The van der Waals surface area contributed by atoms with E-state index in [1.807, 2.05) is 127 Å². The molecule has 0 atom stereocenters. The first-order valence-corrected chi connectivity index (χ1v) is 25.8. The lowest BCUT2D eigenvalue weighted by Gasteiger charge is -2.22. The van der Waals surface area contributed by atoms with Gasteiger partial charge < -0.3 is 4.57 Å². The molecule has 0 N–H and O–H groups in total. The fourth-order valence-corrected chi connectivity index (χ4v) is 11.4. The molecule has 8 heteroatoms. The first kappa shape index (κ1) is 48.7. The third kappa shape index (κ3) is 9.16. The van der Waals surface area contributed by atoms with Gasteiger partial charge >= 0.3 is 6.18 Å². The number of alkyl halides is 3. The van der Waals surface area contributed by atoms with Crippen molar-refractivity contribution in [1.82, 2.24) is 24.5 Å². The lowest BCUT2D eigenvalue weighted by Crippen LogP contribution is -2.11. The van der Waals surface area contributed by atoms with Gasteiger partial charge in [0.05, 0.1) is 45.1 Å². The van der Waals surface area contributed by atoms with E-state index in [-0.39, 0.29) is 17.0 Å². The first-order valence-electron chi connectivity index (χ1n) is 25.8. The molecular formula is C69H52F3N5. The van der Waals surface area contributed by atoms with Crippen LogP contribution >= 0.6 is 0 Å². The van der Waals surface area contributed by atoms with Crippen molar-refractivity contribution >= 4 is 21.8 Å². The fourth-order valence-electron chi connectivity index (χ4n) is 11.4. The molecule has 0 aliphatic rings. The van der Waals surface area contributed by atoms with Gasteiger partial charge in [0.25, 0.3) is 0 Å². The standard InChI is InChI=1S/C69H52F3N5/c1-41-31-43(3)64(44(4)32-41)51-27-29-62-54(35-51)55-36-52(65-45(5)33-42(2)34-46(65)6)28-30-63(55)77(62)66-56(61-40-60(49-23-15-9-16-24-49)73-67(76-61)50-25-17-10-18-26-50)37-53(69(70,71)72)38-57(66)68-74-58(47-19-11-7-12-20-47)39-59(75-68)48-21-13-8-14-22-48/h7-40H,1-6H3. The minimum atomic E-state index is -4.79. The van der Waals surface area contributed by atoms with Crippen molar-refractivity contribution in [3.8, 4) is 95.7 Å². The number of hydrogen-bond donors (Lipinski definition) is 0. The summed E-state index contributed by atoms with van der Waals surface area (Å²) in [7, 11) is 0. The fraction of sp³-hybridized carbons (Fsp3) is 0.101. The van der Waals surface area contributed by atoms with Crippen LogP contribution in [0.2, 0.25) is 0 Å². The zero-order valence-corrected chi connectivity index (χ0v) is 43.5. The van der Waals surface area contributed by atoms with Gasteiger partial charge in [0.1, 0.15) is 0 Å². The topological polar surface area (TPSA) is 56.5 Å². The number of halogens is 3. The van der Waals surface area contributed by atoms with Gasteiger partial charge in [-0.3, -0.25) is 0 Å². The first-order chi connectivity index (χ1) is 37.2. The summed E-state index contributed by atoms with van der Waals surface area (Å²) in [6, 6.07) is 66.6. The minimum absolute atomic E-state index is 0.119. The Morgan fingerprint density at radius 3 is 1.12 bits per heavy atom. The number of nitrogens with zero attached hydrogens (tertiary/aromatic N) is 5. The highest BCUT2D eigenvalue weighted by atomic mass is 19.4. The molecule has 0 fully saturated rings. The van der Waals surface area contributed by atoms with Crippen molar-refractivity contribution < 1.29 is 13.2 Å². The van der Waals surface area contributed by atoms with E-state index < -0.39 is 11.7 Å². The van der Waals surface area contributed by atoms with E-state index in [1.165, 1.54) is 23.3 Å². The Bertz CT molecular complexity index is 3820. The highest BCUT2D eigenvalue weighted by Crippen LogP contribution is 2.47. The number of rotatable bonds is 9. The summed E-state index contributed by atoms with van der Waals surface area (Å²) < 4.78 is 50.3. The maximum atomic E-state index is 16.0. The highest BCUT2D eigenvalue weighted by molar-refractivity contribution is 6.13. The van der Waals surface area contributed by atoms with Crippen molar-refractivity contribution in [2.75, 3.05) is 0 Å². The van der Waals surface area contributed by atoms with Crippen molar-refractivity contribution in [2.24, 2.45) is 0 Å². The molecule has 0 saturated heterocycles. The molecule has 0 aliphatic carbocycles. The summed E-state index contributed by atoms with van der Waals surface area (Å²) in [6.07, 6.45) is -4.79. The number of fused-ring (bicyclic) bond motifs is 3. The van der Waals surface area contributed by atoms with Crippen LogP contribution < -0.4 is 0 Å². The van der Waals surface area contributed by atoms with Gasteiger partial charge in [-0.05, 0) is 135 Å². The molecule has 0 radical (unpaired) electrons. The SMILES string of the molecule is Cc1cc(C)c(-c2ccc3c(c2)c2cc(-c4c(C)cc(C)cc4C)ccc2n3-c2c(-c3cc(-c4ccccc4)nc(-c4ccccc4)n3)cc(C(F)(F)F)cc2-c2nc(-c3ccccc3)cc(-c3ccccc3)n2)c(C)c1. The van der Waals surface area contributed by atoms with Crippen LogP contribution in [0, 0.1) is 41.5 Å². The van der Waals surface area contributed by atoms with Crippen LogP contribution in [0.15, 0.2) is 206 Å². The molecule has 3 aromatic heterocycles. The van der Waals surface area contributed by atoms with Crippen LogP contribution in [0.1, 0.15) is 38.9 Å². The lowest BCUT2D eigenvalue weighted by molar-refractivity contribution is -0.137. The van der Waals surface area contributed by atoms with Gasteiger partial charge in [-0.1, -0.05) is 169 Å². The Morgan fingerprint density at radius 2 is 0.701 bits per heavy atom. The van der Waals surface area contributed by atoms with Crippen molar-refractivity contribution in [2.45, 2.75) is 47.7 Å². The van der Waals surface area contributed by atoms with Crippen LogP contribution in [0.25, 0.3) is 118 Å². The number of benzene rings is 9. The minimum Gasteiger partial charge on any atom is -0.308 e. The van der Waals surface area contributed by atoms with E-state index in [4.69, 9.17) is 19.9 Å². The van der Waals surface area contributed by atoms with Crippen molar-refractivity contribution in [3.63, 3.8) is 0 Å². The summed E-state index contributed by atoms with van der Waals surface area (Å²) >= 11 is 0. The second-order valence-corrected chi connectivity index (χ2v) is 20.2. The normalized spacial score (nSPS) is 11.7. The van der Waals surface area contributed by atoms with Crippen LogP contribution in [0.3, 0.4) is 0 Å². The van der Waals surface area contributed by atoms with Gasteiger partial charge in [-0.25, -0.2) is 19.9 Å². The van der Waals surface area contributed by atoms with Crippen LogP contribution in [0.5, 0.6) is 0 Å². The van der Waals surface area contributed by atoms with E-state index in [9.17, 15) is 0 Å². The maximum absolute atomic E-state index is 16.0.